The molecule has 3 aliphatic rings. The highest BCUT2D eigenvalue weighted by Gasteiger charge is 2.26. The highest BCUT2D eigenvalue weighted by atomic mass is 16.3. The van der Waals surface area contributed by atoms with Crippen molar-refractivity contribution in [2.75, 3.05) is 45.8 Å². The first-order valence-corrected chi connectivity index (χ1v) is 11.9. The van der Waals surface area contributed by atoms with Crippen molar-refractivity contribution in [1.29, 1.82) is 0 Å². The number of guanidine groups is 1. The van der Waals surface area contributed by atoms with Crippen LogP contribution in [0.1, 0.15) is 71.1 Å². The standard InChI is InChI=1S/C22H43N5O/c1-2-23-22(24-13-6-14-26-15-11-21(28)12-16-26)25-19-9-17-27(18-10-19)20-7-4-3-5-8-20/h19-21,28H,2-18H2,1H3,(H2,23,24,25). The van der Waals surface area contributed by atoms with Gasteiger partial charge in [0.05, 0.1) is 6.10 Å². The Balaban J connectivity index is 1.35. The zero-order valence-corrected chi connectivity index (χ0v) is 18.0. The molecule has 3 N–H and O–H groups in total. The van der Waals surface area contributed by atoms with Crippen LogP contribution in [0.3, 0.4) is 0 Å². The molecule has 0 amide bonds. The maximum atomic E-state index is 9.61. The van der Waals surface area contributed by atoms with Gasteiger partial charge < -0.3 is 25.5 Å². The van der Waals surface area contributed by atoms with Gasteiger partial charge in [0.15, 0.2) is 5.96 Å². The van der Waals surface area contributed by atoms with Gasteiger partial charge in [-0.25, -0.2) is 0 Å². The number of aliphatic hydroxyl groups is 1. The fourth-order valence-corrected chi connectivity index (χ4v) is 5.00. The Bertz CT molecular complexity index is 450. The molecule has 162 valence electrons. The Morgan fingerprint density at radius 2 is 1.68 bits per heavy atom. The van der Waals surface area contributed by atoms with Crippen molar-refractivity contribution >= 4 is 5.96 Å². The van der Waals surface area contributed by atoms with Crippen molar-refractivity contribution in [2.45, 2.75) is 89.3 Å². The summed E-state index contributed by atoms with van der Waals surface area (Å²) in [6.07, 6.45) is 12.5. The first-order chi connectivity index (χ1) is 13.7. The van der Waals surface area contributed by atoms with Gasteiger partial charge in [-0.1, -0.05) is 19.3 Å². The fraction of sp³-hybridized carbons (Fsp3) is 0.955. The first kappa shape index (κ1) is 21.8. The number of nitrogens with one attached hydrogen (secondary N) is 2. The molecule has 28 heavy (non-hydrogen) atoms. The Morgan fingerprint density at radius 3 is 2.36 bits per heavy atom. The number of hydrogen-bond acceptors (Lipinski definition) is 4. The molecule has 2 aliphatic heterocycles. The smallest absolute Gasteiger partial charge is 0.191 e. The van der Waals surface area contributed by atoms with Crippen LogP contribution < -0.4 is 10.6 Å². The molecule has 6 nitrogen and oxygen atoms in total. The highest BCUT2D eigenvalue weighted by Crippen LogP contribution is 2.25. The zero-order valence-electron chi connectivity index (χ0n) is 18.0. The maximum absolute atomic E-state index is 9.61. The van der Waals surface area contributed by atoms with E-state index in [0.717, 1.165) is 64.0 Å². The van der Waals surface area contributed by atoms with Crippen LogP contribution in [0.5, 0.6) is 0 Å². The van der Waals surface area contributed by atoms with Gasteiger partial charge in [0.1, 0.15) is 0 Å². The number of aliphatic hydroxyl groups excluding tert-OH is 1. The van der Waals surface area contributed by atoms with E-state index in [9.17, 15) is 5.11 Å². The van der Waals surface area contributed by atoms with Crippen LogP contribution in [0.25, 0.3) is 0 Å². The molecule has 0 bridgehead atoms. The maximum Gasteiger partial charge on any atom is 0.191 e. The second-order valence-corrected chi connectivity index (χ2v) is 8.93. The van der Waals surface area contributed by atoms with E-state index in [1.807, 2.05) is 0 Å². The van der Waals surface area contributed by atoms with Crippen molar-refractivity contribution in [3.63, 3.8) is 0 Å². The largest absolute Gasteiger partial charge is 0.393 e. The van der Waals surface area contributed by atoms with Gasteiger partial charge in [0.2, 0.25) is 0 Å². The molecule has 2 heterocycles. The molecule has 0 aromatic rings. The second kappa shape index (κ2) is 12.0. The Hall–Kier alpha value is -0.850. The summed E-state index contributed by atoms with van der Waals surface area (Å²) in [5.74, 6) is 0.993. The monoisotopic (exact) mass is 393 g/mol. The minimum atomic E-state index is -0.0802. The topological polar surface area (TPSA) is 63.1 Å². The Labute approximate surface area is 172 Å². The number of aliphatic imine (C=N–C) groups is 1. The Kier molecular flexibility index (Phi) is 9.35. The summed E-state index contributed by atoms with van der Waals surface area (Å²) in [6.45, 7) is 9.56. The Morgan fingerprint density at radius 1 is 0.964 bits per heavy atom. The third kappa shape index (κ3) is 7.20. The van der Waals surface area contributed by atoms with Gasteiger partial charge in [-0.3, -0.25) is 4.99 Å². The van der Waals surface area contributed by atoms with E-state index in [4.69, 9.17) is 4.99 Å². The molecule has 0 atom stereocenters. The van der Waals surface area contributed by atoms with Gasteiger partial charge in [-0.15, -0.1) is 0 Å². The minimum Gasteiger partial charge on any atom is -0.393 e. The predicted molar refractivity (Wildman–Crippen MR) is 117 cm³/mol. The lowest BCUT2D eigenvalue weighted by atomic mass is 9.92. The van der Waals surface area contributed by atoms with Crippen LogP contribution in [0.2, 0.25) is 0 Å². The molecule has 6 heteroatoms. The van der Waals surface area contributed by atoms with Gasteiger partial charge in [-0.2, -0.15) is 0 Å². The number of piperidine rings is 2. The summed E-state index contributed by atoms with van der Waals surface area (Å²) in [7, 11) is 0. The minimum absolute atomic E-state index is 0.0802. The van der Waals surface area contributed by atoms with Crippen molar-refractivity contribution in [3.05, 3.63) is 0 Å². The van der Waals surface area contributed by atoms with Crippen molar-refractivity contribution in [1.82, 2.24) is 20.4 Å². The molecule has 2 saturated heterocycles. The van der Waals surface area contributed by atoms with E-state index in [2.05, 4.69) is 27.4 Å². The number of likely N-dealkylation sites (tertiary alicyclic amines) is 2. The molecule has 0 spiro atoms. The van der Waals surface area contributed by atoms with Crippen LogP contribution >= 0.6 is 0 Å². The third-order valence-electron chi connectivity index (χ3n) is 6.77. The highest BCUT2D eigenvalue weighted by molar-refractivity contribution is 5.80. The average Bonchev–Trinajstić information content (AvgIpc) is 2.74. The summed E-state index contributed by atoms with van der Waals surface area (Å²) >= 11 is 0. The molecular weight excluding hydrogens is 350 g/mol. The second-order valence-electron chi connectivity index (χ2n) is 8.93. The molecule has 3 fully saturated rings. The summed E-state index contributed by atoms with van der Waals surface area (Å²) in [5.41, 5.74) is 0. The van der Waals surface area contributed by atoms with E-state index in [0.29, 0.717) is 6.04 Å². The van der Waals surface area contributed by atoms with Crippen molar-refractivity contribution in [2.24, 2.45) is 4.99 Å². The van der Waals surface area contributed by atoms with Crippen LogP contribution in [0.4, 0.5) is 0 Å². The average molecular weight is 394 g/mol. The molecule has 3 rings (SSSR count). The number of nitrogens with zero attached hydrogens (tertiary/aromatic N) is 3. The van der Waals surface area contributed by atoms with Crippen LogP contribution in [0.15, 0.2) is 4.99 Å². The normalized spacial score (nSPS) is 25.1. The quantitative estimate of drug-likeness (QED) is 0.352. The molecule has 0 unspecified atom stereocenters. The third-order valence-corrected chi connectivity index (χ3v) is 6.77. The molecule has 0 aromatic heterocycles. The van der Waals surface area contributed by atoms with E-state index < -0.39 is 0 Å². The van der Waals surface area contributed by atoms with Crippen LogP contribution in [-0.4, -0.2) is 84.9 Å². The summed E-state index contributed by atoms with van der Waals surface area (Å²) in [4.78, 5) is 10.0. The van der Waals surface area contributed by atoms with Crippen LogP contribution in [0, 0.1) is 0 Å². The lowest BCUT2D eigenvalue weighted by molar-refractivity contribution is 0.0824. The molecule has 1 saturated carbocycles. The lowest BCUT2D eigenvalue weighted by Gasteiger charge is -2.39. The fourth-order valence-electron chi connectivity index (χ4n) is 5.00. The summed E-state index contributed by atoms with van der Waals surface area (Å²) in [5, 5.41) is 16.7. The zero-order chi connectivity index (χ0) is 19.6. The molecule has 0 radical (unpaired) electrons. The molecular formula is C22H43N5O. The SMILES string of the molecule is CCNC(=NCCCN1CCC(O)CC1)NC1CCN(C2CCCCC2)CC1. The lowest BCUT2D eigenvalue weighted by Crippen LogP contribution is -2.51. The van der Waals surface area contributed by atoms with Gasteiger partial charge in [-0.05, 0) is 58.4 Å². The van der Waals surface area contributed by atoms with Gasteiger partial charge in [0, 0.05) is 51.4 Å². The van der Waals surface area contributed by atoms with E-state index in [-0.39, 0.29) is 6.10 Å². The first-order valence-electron chi connectivity index (χ1n) is 11.9. The van der Waals surface area contributed by atoms with Crippen molar-refractivity contribution < 1.29 is 5.11 Å². The van der Waals surface area contributed by atoms with Crippen molar-refractivity contribution in [3.8, 4) is 0 Å². The van der Waals surface area contributed by atoms with E-state index in [1.54, 1.807) is 0 Å². The number of hydrogen-bond donors (Lipinski definition) is 3. The van der Waals surface area contributed by atoms with Gasteiger partial charge in [0.25, 0.3) is 0 Å². The molecule has 0 aromatic carbocycles. The van der Waals surface area contributed by atoms with Crippen LogP contribution in [-0.2, 0) is 0 Å². The summed E-state index contributed by atoms with van der Waals surface area (Å²) < 4.78 is 0. The predicted octanol–water partition coefficient (Wildman–Crippen LogP) is 2.19. The van der Waals surface area contributed by atoms with E-state index in [1.165, 1.54) is 58.0 Å². The number of rotatable bonds is 7. The van der Waals surface area contributed by atoms with E-state index >= 15 is 0 Å². The molecule has 1 aliphatic carbocycles. The van der Waals surface area contributed by atoms with Gasteiger partial charge >= 0.3 is 0 Å². The summed E-state index contributed by atoms with van der Waals surface area (Å²) in [6, 6.07) is 1.41.